The highest BCUT2D eigenvalue weighted by atomic mass is 15.3. The maximum atomic E-state index is 4.88. The molecule has 0 atom stereocenters. The van der Waals surface area contributed by atoms with Crippen molar-refractivity contribution in [3.8, 4) is 22.6 Å². The standard InChI is InChI=1S/C23H25N9/c1-2-19(29-21(3-1)28-16-6-23(7-16)13-25-14-23)20-11-26-22-5-4-18(30-32(20)22)15-8-27-31(12-15)17-9-24-10-17/h1-5,8,11-12,16-17,24-25H,6-7,9-10,13-14H2,(H,28,29). The Morgan fingerprint density at radius 1 is 1.00 bits per heavy atom. The average Bonchev–Trinajstić information content (AvgIpc) is 3.35. The molecule has 3 fully saturated rings. The number of imidazole rings is 1. The number of hydrogen-bond acceptors (Lipinski definition) is 7. The van der Waals surface area contributed by atoms with E-state index < -0.39 is 0 Å². The van der Waals surface area contributed by atoms with E-state index in [0.717, 1.165) is 60.3 Å². The lowest BCUT2D eigenvalue weighted by atomic mass is 9.62. The summed E-state index contributed by atoms with van der Waals surface area (Å²) in [5.74, 6) is 0.913. The second-order valence-corrected chi connectivity index (χ2v) is 9.41. The number of nitrogens with one attached hydrogen (secondary N) is 3. The van der Waals surface area contributed by atoms with Crippen molar-refractivity contribution in [1.29, 1.82) is 0 Å². The van der Waals surface area contributed by atoms with E-state index in [1.165, 1.54) is 12.8 Å². The van der Waals surface area contributed by atoms with E-state index in [0.29, 0.717) is 17.5 Å². The van der Waals surface area contributed by atoms with Crippen molar-refractivity contribution in [2.75, 3.05) is 31.5 Å². The van der Waals surface area contributed by atoms with Crippen LogP contribution in [-0.4, -0.2) is 61.6 Å². The molecule has 7 rings (SSSR count). The van der Waals surface area contributed by atoms with Gasteiger partial charge in [-0.05, 0) is 42.5 Å². The predicted molar refractivity (Wildman–Crippen MR) is 121 cm³/mol. The molecule has 2 saturated heterocycles. The fraction of sp³-hybridized carbons (Fsp3) is 0.391. The molecular formula is C23H25N9. The Morgan fingerprint density at radius 3 is 2.69 bits per heavy atom. The van der Waals surface area contributed by atoms with Gasteiger partial charge in [0.1, 0.15) is 11.5 Å². The van der Waals surface area contributed by atoms with Gasteiger partial charge in [-0.15, -0.1) is 0 Å². The lowest BCUT2D eigenvalue weighted by Gasteiger charge is -2.54. The molecule has 0 unspecified atom stereocenters. The van der Waals surface area contributed by atoms with Gasteiger partial charge in [0, 0.05) is 44.0 Å². The lowest BCUT2D eigenvalue weighted by Crippen LogP contribution is -2.63. The summed E-state index contributed by atoms with van der Waals surface area (Å²) >= 11 is 0. The molecule has 9 nitrogen and oxygen atoms in total. The van der Waals surface area contributed by atoms with Gasteiger partial charge in [-0.1, -0.05) is 6.07 Å². The van der Waals surface area contributed by atoms with Crippen molar-refractivity contribution in [2.45, 2.75) is 24.9 Å². The molecule has 0 aromatic carbocycles. The molecule has 1 saturated carbocycles. The Kier molecular flexibility index (Phi) is 3.91. The van der Waals surface area contributed by atoms with Gasteiger partial charge in [0.2, 0.25) is 0 Å². The lowest BCUT2D eigenvalue weighted by molar-refractivity contribution is 0.0469. The van der Waals surface area contributed by atoms with Crippen LogP contribution in [0.1, 0.15) is 18.9 Å². The van der Waals surface area contributed by atoms with Crippen LogP contribution in [0, 0.1) is 5.41 Å². The van der Waals surface area contributed by atoms with Crippen LogP contribution in [0.25, 0.3) is 28.3 Å². The van der Waals surface area contributed by atoms with Crippen LogP contribution in [0.5, 0.6) is 0 Å². The summed E-state index contributed by atoms with van der Waals surface area (Å²) in [7, 11) is 0. The summed E-state index contributed by atoms with van der Waals surface area (Å²) in [5.41, 5.74) is 4.97. The number of hydrogen-bond donors (Lipinski definition) is 3. The van der Waals surface area contributed by atoms with Crippen LogP contribution < -0.4 is 16.0 Å². The van der Waals surface area contributed by atoms with Gasteiger partial charge in [-0.2, -0.15) is 10.2 Å². The van der Waals surface area contributed by atoms with Crippen molar-refractivity contribution in [3.05, 3.63) is 48.9 Å². The molecule has 4 aromatic heterocycles. The number of pyridine rings is 1. The van der Waals surface area contributed by atoms with Gasteiger partial charge >= 0.3 is 0 Å². The summed E-state index contributed by atoms with van der Waals surface area (Å²) in [6.07, 6.45) is 8.24. The van der Waals surface area contributed by atoms with E-state index >= 15 is 0 Å². The first-order chi connectivity index (χ1) is 15.7. The fourth-order valence-corrected chi connectivity index (χ4v) is 5.05. The van der Waals surface area contributed by atoms with E-state index in [2.05, 4.69) is 32.2 Å². The summed E-state index contributed by atoms with van der Waals surface area (Å²) in [5, 5.41) is 19.7. The highest BCUT2D eigenvalue weighted by molar-refractivity contribution is 5.64. The Labute approximate surface area is 185 Å². The highest BCUT2D eigenvalue weighted by Gasteiger charge is 2.48. The average molecular weight is 428 g/mol. The molecule has 9 heteroatoms. The third kappa shape index (κ3) is 2.92. The first kappa shape index (κ1) is 18.3. The van der Waals surface area contributed by atoms with Gasteiger partial charge in [-0.3, -0.25) is 4.68 Å². The largest absolute Gasteiger partial charge is 0.367 e. The zero-order valence-electron chi connectivity index (χ0n) is 17.7. The first-order valence-corrected chi connectivity index (χ1v) is 11.3. The molecule has 0 amide bonds. The Balaban J connectivity index is 1.17. The van der Waals surface area contributed by atoms with Crippen LogP contribution >= 0.6 is 0 Å². The number of anilines is 1. The molecule has 162 valence electrons. The van der Waals surface area contributed by atoms with Crippen molar-refractivity contribution >= 4 is 11.5 Å². The van der Waals surface area contributed by atoms with E-state index in [4.69, 9.17) is 10.1 Å². The molecule has 0 bridgehead atoms. The van der Waals surface area contributed by atoms with E-state index in [1.54, 1.807) is 0 Å². The van der Waals surface area contributed by atoms with Gasteiger partial charge < -0.3 is 16.0 Å². The monoisotopic (exact) mass is 427 g/mol. The smallest absolute Gasteiger partial charge is 0.154 e. The van der Waals surface area contributed by atoms with Crippen molar-refractivity contribution in [1.82, 2.24) is 40.0 Å². The molecule has 0 radical (unpaired) electrons. The third-order valence-electron chi connectivity index (χ3n) is 7.12. The summed E-state index contributed by atoms with van der Waals surface area (Å²) in [6.45, 7) is 4.25. The van der Waals surface area contributed by atoms with Crippen molar-refractivity contribution in [2.24, 2.45) is 5.41 Å². The maximum absolute atomic E-state index is 4.88. The normalized spacial score (nSPS) is 20.1. The molecule has 2 aliphatic heterocycles. The molecule has 6 heterocycles. The highest BCUT2D eigenvalue weighted by Crippen LogP contribution is 2.45. The summed E-state index contributed by atoms with van der Waals surface area (Å²) < 4.78 is 3.90. The Hall–Kier alpha value is -3.30. The van der Waals surface area contributed by atoms with E-state index in [9.17, 15) is 0 Å². The van der Waals surface area contributed by atoms with E-state index in [-0.39, 0.29) is 0 Å². The Bertz CT molecular complexity index is 1290. The fourth-order valence-electron chi connectivity index (χ4n) is 5.05. The molecule has 1 aliphatic carbocycles. The predicted octanol–water partition coefficient (Wildman–Crippen LogP) is 1.96. The van der Waals surface area contributed by atoms with Gasteiger partial charge in [-0.25, -0.2) is 14.5 Å². The summed E-state index contributed by atoms with van der Waals surface area (Å²) in [4.78, 5) is 9.42. The summed E-state index contributed by atoms with van der Waals surface area (Å²) in [6, 6.07) is 11.0. The van der Waals surface area contributed by atoms with Crippen LogP contribution in [0.4, 0.5) is 5.82 Å². The SMILES string of the molecule is c1cc(NC2CC3(CNC3)C2)nc(-c2cnc3ccc(-c4cnn(C5CNC5)c4)nn23)c1. The van der Waals surface area contributed by atoms with Crippen molar-refractivity contribution < 1.29 is 0 Å². The third-order valence-corrected chi connectivity index (χ3v) is 7.12. The Morgan fingerprint density at radius 2 is 1.91 bits per heavy atom. The number of fused-ring (bicyclic) bond motifs is 1. The number of aromatic nitrogens is 6. The van der Waals surface area contributed by atoms with Gasteiger partial charge in [0.15, 0.2) is 5.65 Å². The minimum atomic E-state index is 0.432. The molecular weight excluding hydrogens is 402 g/mol. The van der Waals surface area contributed by atoms with Gasteiger partial charge in [0.05, 0.1) is 29.8 Å². The van der Waals surface area contributed by atoms with Gasteiger partial charge in [0.25, 0.3) is 0 Å². The minimum Gasteiger partial charge on any atom is -0.367 e. The molecule has 4 aromatic rings. The zero-order chi connectivity index (χ0) is 21.1. The van der Waals surface area contributed by atoms with Crippen LogP contribution in [0.15, 0.2) is 48.9 Å². The van der Waals surface area contributed by atoms with Crippen LogP contribution in [0.3, 0.4) is 0 Å². The van der Waals surface area contributed by atoms with Crippen molar-refractivity contribution in [3.63, 3.8) is 0 Å². The first-order valence-electron chi connectivity index (χ1n) is 11.3. The number of rotatable bonds is 5. The molecule has 3 N–H and O–H groups in total. The molecule has 3 aliphatic rings. The topological polar surface area (TPSA) is 97.0 Å². The van der Waals surface area contributed by atoms with Crippen LogP contribution in [0.2, 0.25) is 0 Å². The molecule has 32 heavy (non-hydrogen) atoms. The second kappa shape index (κ2) is 6.85. The van der Waals surface area contributed by atoms with E-state index in [1.807, 2.05) is 51.9 Å². The second-order valence-electron chi connectivity index (χ2n) is 9.41. The maximum Gasteiger partial charge on any atom is 0.154 e. The number of nitrogens with zero attached hydrogens (tertiary/aromatic N) is 6. The van der Waals surface area contributed by atoms with Crippen LogP contribution in [-0.2, 0) is 0 Å². The zero-order valence-corrected chi connectivity index (χ0v) is 17.7. The minimum absolute atomic E-state index is 0.432. The quantitative estimate of drug-likeness (QED) is 0.448. The molecule has 1 spiro atoms.